The zero-order valence-electron chi connectivity index (χ0n) is 2.02. The van der Waals surface area contributed by atoms with E-state index >= 15 is 0 Å². The predicted molar refractivity (Wildman–Crippen MR) is 12.9 cm³/mol. The SMILES string of the molecule is [Ca+2].[O-2].[O]=[Pb]. The van der Waals surface area contributed by atoms with Gasteiger partial charge in [0.2, 0.25) is 0 Å². The second-order valence-corrected chi connectivity index (χ2v) is 0. The zero-order chi connectivity index (χ0) is 2.00. The molecule has 0 spiro atoms. The number of rotatable bonds is 0. The Labute approximate surface area is 70.4 Å². The van der Waals surface area contributed by atoms with Gasteiger partial charge in [-0.3, -0.25) is 0 Å². The first-order valence-electron chi connectivity index (χ1n) is 0.204. The van der Waals surface area contributed by atoms with Crippen molar-refractivity contribution in [1.29, 1.82) is 0 Å². The van der Waals surface area contributed by atoms with Crippen molar-refractivity contribution < 1.29 is 8.16 Å². The molecule has 2 radical (unpaired) electrons. The molecule has 0 saturated carbocycles. The van der Waals surface area contributed by atoms with Crippen LogP contribution in [0.1, 0.15) is 0 Å². The molecule has 0 aliphatic rings. The van der Waals surface area contributed by atoms with E-state index in [2.05, 4.69) is 0 Å². The van der Waals surface area contributed by atoms with E-state index in [1.807, 2.05) is 0 Å². The Morgan fingerprint density at radius 1 is 1.25 bits per heavy atom. The van der Waals surface area contributed by atoms with Crippen molar-refractivity contribution in [3.8, 4) is 0 Å². The fourth-order valence-electron chi connectivity index (χ4n) is 0. The molecule has 0 bridgehead atoms. The van der Waals surface area contributed by atoms with Crippen LogP contribution in [-0.4, -0.2) is 63.5 Å². The molecule has 0 fully saturated rings. The molecule has 0 atom stereocenters. The van der Waals surface area contributed by atoms with Crippen molar-refractivity contribution in [3.05, 3.63) is 0 Å². The maximum atomic E-state index is 8.39. The number of hydrogen-bond donors (Lipinski definition) is 0. The van der Waals surface area contributed by atoms with E-state index in [9.17, 15) is 0 Å². The van der Waals surface area contributed by atoms with Crippen LogP contribution in [0.4, 0.5) is 0 Å². The Hall–Kier alpha value is 1.94. The molecule has 0 amide bonds. The molecule has 2 nitrogen and oxygen atoms in total. The van der Waals surface area contributed by atoms with Crippen LogP contribution in [0.2, 0.25) is 0 Å². The standard InChI is InChI=1S/Ca.2O.Pb/q+2;;-2;. The van der Waals surface area contributed by atoms with Crippen LogP contribution in [0.25, 0.3) is 0 Å². The van der Waals surface area contributed by atoms with Gasteiger partial charge in [0.1, 0.15) is 0 Å². The number of hydrogen-bond acceptors (Lipinski definition) is 1. The summed E-state index contributed by atoms with van der Waals surface area (Å²) in [5.41, 5.74) is 0. The van der Waals surface area contributed by atoms with Crippen LogP contribution in [-0.2, 0) is 8.16 Å². The van der Waals surface area contributed by atoms with Gasteiger partial charge in [-0.1, -0.05) is 0 Å². The molecule has 0 rings (SSSR count). The third kappa shape index (κ3) is 9.05. The fourth-order valence-corrected chi connectivity index (χ4v) is 0. The van der Waals surface area contributed by atoms with E-state index in [0.717, 1.165) is 0 Å². The summed E-state index contributed by atoms with van der Waals surface area (Å²) in [4.78, 5) is 0. The third-order valence-electron chi connectivity index (χ3n) is 0. The van der Waals surface area contributed by atoms with E-state index in [0.29, 0.717) is 0 Å². The summed E-state index contributed by atoms with van der Waals surface area (Å²) >= 11 is 0.0556. The van der Waals surface area contributed by atoms with Gasteiger partial charge in [0, 0.05) is 0 Å². The van der Waals surface area contributed by atoms with Gasteiger partial charge in [0.25, 0.3) is 0 Å². The molecule has 0 saturated heterocycles. The van der Waals surface area contributed by atoms with Crippen molar-refractivity contribution in [2.75, 3.05) is 0 Å². The van der Waals surface area contributed by atoms with E-state index in [1.165, 1.54) is 0 Å². The maximum absolute atomic E-state index is 8.39. The predicted octanol–water partition coefficient (Wildman–Crippen LogP) is -0.999. The summed E-state index contributed by atoms with van der Waals surface area (Å²) in [5.74, 6) is 0. The molecular formula is CaO2Pb. The van der Waals surface area contributed by atoms with Gasteiger partial charge < -0.3 is 5.48 Å². The van der Waals surface area contributed by atoms with Gasteiger partial charge in [0.15, 0.2) is 0 Å². The minimum absolute atomic E-state index is 0. The summed E-state index contributed by atoms with van der Waals surface area (Å²) in [6, 6.07) is 0. The summed E-state index contributed by atoms with van der Waals surface area (Å²) in [7, 11) is 0. The molecule has 4 heavy (non-hydrogen) atoms. The van der Waals surface area contributed by atoms with Crippen LogP contribution >= 0.6 is 0 Å². The Balaban J connectivity index is -0.00000000500. The first kappa shape index (κ1) is 16.8. The molecule has 0 aromatic carbocycles. The average molecular weight is 279 g/mol. The summed E-state index contributed by atoms with van der Waals surface area (Å²) < 4.78 is 8.39. The molecule has 0 aromatic heterocycles. The summed E-state index contributed by atoms with van der Waals surface area (Å²) in [5, 5.41) is 0. The molecule has 0 N–H and O–H groups in total. The molecule has 4 heteroatoms. The van der Waals surface area contributed by atoms with Gasteiger partial charge in [-0.05, 0) is 0 Å². The zero-order valence-corrected chi connectivity index (χ0v) is 8.12. The molecule has 18 valence electrons. The minimum atomic E-state index is 0. The molecule has 0 unspecified atom stereocenters. The van der Waals surface area contributed by atoms with Crippen molar-refractivity contribution >= 4 is 63.5 Å². The van der Waals surface area contributed by atoms with E-state index < -0.39 is 0 Å². The Kier molecular flexibility index (Phi) is 85.4. The van der Waals surface area contributed by atoms with Gasteiger partial charge in [-0.25, -0.2) is 0 Å². The normalized spacial score (nSPS) is 1.00. The van der Waals surface area contributed by atoms with Crippen LogP contribution in [0.5, 0.6) is 0 Å². The fraction of sp³-hybridized carbons (Fsp3) is 0. The first-order valence-corrected chi connectivity index (χ1v) is 1.79. The van der Waals surface area contributed by atoms with Crippen LogP contribution in [0.3, 0.4) is 0 Å². The molecule has 0 aliphatic heterocycles. The third-order valence-corrected chi connectivity index (χ3v) is 0. The van der Waals surface area contributed by atoms with Gasteiger partial charge in [-0.15, -0.1) is 0 Å². The van der Waals surface area contributed by atoms with Crippen LogP contribution in [0.15, 0.2) is 0 Å². The van der Waals surface area contributed by atoms with Crippen molar-refractivity contribution in [3.63, 3.8) is 0 Å². The van der Waals surface area contributed by atoms with Crippen LogP contribution < -0.4 is 0 Å². The van der Waals surface area contributed by atoms with Crippen molar-refractivity contribution in [2.24, 2.45) is 0 Å². The Morgan fingerprint density at radius 3 is 1.25 bits per heavy atom. The second kappa shape index (κ2) is 20.4. The first-order chi connectivity index (χ1) is 1.00. The van der Waals surface area contributed by atoms with E-state index in [4.69, 9.17) is 2.69 Å². The Bertz CT molecular complexity index is 6.00. The van der Waals surface area contributed by atoms with Gasteiger partial charge in [0.05, 0.1) is 0 Å². The van der Waals surface area contributed by atoms with Gasteiger partial charge in [-0.2, -0.15) is 0 Å². The Morgan fingerprint density at radius 2 is 1.25 bits per heavy atom. The summed E-state index contributed by atoms with van der Waals surface area (Å²) in [6.45, 7) is 0. The van der Waals surface area contributed by atoms with Gasteiger partial charge >= 0.3 is 66.2 Å². The topological polar surface area (TPSA) is 45.6 Å². The molecular weight excluding hydrogens is 279 g/mol. The summed E-state index contributed by atoms with van der Waals surface area (Å²) in [6.07, 6.45) is 0. The van der Waals surface area contributed by atoms with Crippen molar-refractivity contribution in [2.45, 2.75) is 0 Å². The quantitative estimate of drug-likeness (QED) is 0.525. The second-order valence-electron chi connectivity index (χ2n) is 0. The van der Waals surface area contributed by atoms with Crippen molar-refractivity contribution in [1.82, 2.24) is 0 Å². The molecule has 0 aliphatic carbocycles. The van der Waals surface area contributed by atoms with E-state index in [-0.39, 0.29) is 69.0 Å². The average Bonchev–Trinajstić information content (AvgIpc) is 1.00. The molecule has 0 aromatic rings. The molecule has 0 heterocycles. The van der Waals surface area contributed by atoms with E-state index in [1.54, 1.807) is 0 Å². The monoisotopic (exact) mass is 280 g/mol. The van der Waals surface area contributed by atoms with Crippen LogP contribution in [0, 0.1) is 0 Å².